The quantitative estimate of drug-likeness (QED) is 0.663. The highest BCUT2D eigenvalue weighted by Gasteiger charge is 2.20. The van der Waals surface area contributed by atoms with Crippen molar-refractivity contribution in [3.63, 3.8) is 0 Å². The summed E-state index contributed by atoms with van der Waals surface area (Å²) in [6, 6.07) is 11.5. The third kappa shape index (κ3) is 2.73. The van der Waals surface area contributed by atoms with E-state index in [1.807, 2.05) is 0 Å². The molecule has 0 aliphatic heterocycles. The molecule has 0 amide bonds. The summed E-state index contributed by atoms with van der Waals surface area (Å²) in [6.45, 7) is 0.111. The first-order valence-electron chi connectivity index (χ1n) is 5.32. The summed E-state index contributed by atoms with van der Waals surface area (Å²) in [5, 5.41) is 0. The smallest absolute Gasteiger partial charge is 0.255 e. The first-order valence-corrected chi connectivity index (χ1v) is 6.76. The number of hydrogen-bond acceptors (Lipinski definition) is 4. The molecular formula is C12H13N3O2S. The number of sulfonamides is 1. The maximum atomic E-state index is 12.1. The Hall–Kier alpha value is -1.76. The molecule has 1 heterocycles. The van der Waals surface area contributed by atoms with Gasteiger partial charge in [0.05, 0.1) is 11.4 Å². The van der Waals surface area contributed by atoms with Crippen molar-refractivity contribution in [1.82, 2.24) is 9.40 Å². The van der Waals surface area contributed by atoms with Crippen molar-refractivity contribution < 1.29 is 8.42 Å². The van der Waals surface area contributed by atoms with E-state index < -0.39 is 10.0 Å². The van der Waals surface area contributed by atoms with Crippen molar-refractivity contribution >= 4 is 10.0 Å². The van der Waals surface area contributed by atoms with Crippen molar-refractivity contribution in [2.75, 3.05) is 0 Å². The lowest BCUT2D eigenvalue weighted by Crippen LogP contribution is -2.36. The molecule has 0 saturated carbocycles. The van der Waals surface area contributed by atoms with Crippen LogP contribution in [-0.4, -0.2) is 17.8 Å². The second-order valence-corrected chi connectivity index (χ2v) is 5.61. The van der Waals surface area contributed by atoms with Gasteiger partial charge < -0.3 is 0 Å². The van der Waals surface area contributed by atoms with E-state index in [-0.39, 0.29) is 11.4 Å². The third-order valence-corrected chi connectivity index (χ3v) is 4.05. The standard InChI is InChI=1S/C12H13N3O2S/c13-15(10-11-6-8-14-9-7-11)18(16,17)12-4-2-1-3-5-12/h1-9H,10,13H2. The Labute approximate surface area is 106 Å². The average Bonchev–Trinajstić information content (AvgIpc) is 2.41. The van der Waals surface area contributed by atoms with E-state index in [9.17, 15) is 8.42 Å². The Morgan fingerprint density at radius 3 is 2.28 bits per heavy atom. The van der Waals surface area contributed by atoms with Crippen LogP contribution in [0.5, 0.6) is 0 Å². The summed E-state index contributed by atoms with van der Waals surface area (Å²) in [7, 11) is -3.65. The molecule has 6 heteroatoms. The first-order chi connectivity index (χ1) is 8.60. The molecule has 0 saturated heterocycles. The van der Waals surface area contributed by atoms with Gasteiger partial charge in [0.15, 0.2) is 0 Å². The Kier molecular flexibility index (Phi) is 3.71. The summed E-state index contributed by atoms with van der Waals surface area (Å²) >= 11 is 0. The van der Waals surface area contributed by atoms with Crippen LogP contribution in [-0.2, 0) is 16.6 Å². The minimum Gasteiger partial charge on any atom is -0.265 e. The molecule has 2 aromatic rings. The van der Waals surface area contributed by atoms with Gasteiger partial charge in [-0.3, -0.25) is 10.8 Å². The van der Waals surface area contributed by atoms with Crippen LogP contribution in [0.3, 0.4) is 0 Å². The zero-order chi connectivity index (χ0) is 13.0. The molecule has 1 aromatic carbocycles. The molecule has 0 unspecified atom stereocenters. The van der Waals surface area contributed by atoms with Gasteiger partial charge in [-0.05, 0) is 29.8 Å². The molecule has 5 nitrogen and oxygen atoms in total. The van der Waals surface area contributed by atoms with Gasteiger partial charge >= 0.3 is 0 Å². The van der Waals surface area contributed by atoms with Crippen molar-refractivity contribution in [2.45, 2.75) is 11.4 Å². The van der Waals surface area contributed by atoms with Crippen molar-refractivity contribution in [2.24, 2.45) is 5.84 Å². The molecule has 0 aliphatic carbocycles. The Bertz CT molecular complexity index is 600. The molecule has 0 fully saturated rings. The number of hydrogen-bond donors (Lipinski definition) is 1. The molecule has 94 valence electrons. The number of rotatable bonds is 4. The Morgan fingerprint density at radius 1 is 1.06 bits per heavy atom. The molecule has 0 radical (unpaired) electrons. The van der Waals surface area contributed by atoms with E-state index in [0.717, 1.165) is 9.98 Å². The van der Waals surface area contributed by atoms with Crippen LogP contribution < -0.4 is 5.84 Å². The van der Waals surface area contributed by atoms with Crippen LogP contribution in [0.25, 0.3) is 0 Å². The maximum Gasteiger partial charge on any atom is 0.255 e. The zero-order valence-electron chi connectivity index (χ0n) is 9.60. The highest BCUT2D eigenvalue weighted by Crippen LogP contribution is 2.14. The Balaban J connectivity index is 2.21. The minimum absolute atomic E-state index is 0.111. The number of benzene rings is 1. The van der Waals surface area contributed by atoms with Crippen LogP contribution in [0.2, 0.25) is 0 Å². The van der Waals surface area contributed by atoms with Gasteiger partial charge in [0.1, 0.15) is 0 Å². The highest BCUT2D eigenvalue weighted by molar-refractivity contribution is 7.89. The van der Waals surface area contributed by atoms with Crippen molar-refractivity contribution in [1.29, 1.82) is 0 Å². The van der Waals surface area contributed by atoms with Crippen LogP contribution >= 0.6 is 0 Å². The van der Waals surface area contributed by atoms with Crippen LogP contribution in [0.15, 0.2) is 59.8 Å². The predicted molar refractivity (Wildman–Crippen MR) is 67.6 cm³/mol. The topological polar surface area (TPSA) is 76.3 Å². The fourth-order valence-electron chi connectivity index (χ4n) is 1.48. The second-order valence-electron chi connectivity index (χ2n) is 3.72. The predicted octanol–water partition coefficient (Wildman–Crippen LogP) is 1.15. The number of nitrogens with zero attached hydrogens (tertiary/aromatic N) is 2. The van der Waals surface area contributed by atoms with Crippen LogP contribution in [0.1, 0.15) is 5.56 Å². The molecule has 18 heavy (non-hydrogen) atoms. The fourth-order valence-corrected chi connectivity index (χ4v) is 2.57. The highest BCUT2D eigenvalue weighted by atomic mass is 32.2. The molecule has 1 aromatic heterocycles. The second kappa shape index (κ2) is 5.26. The SMILES string of the molecule is NN(Cc1ccncc1)S(=O)(=O)c1ccccc1. The zero-order valence-corrected chi connectivity index (χ0v) is 10.4. The van der Waals surface area contributed by atoms with E-state index in [1.165, 1.54) is 12.1 Å². The van der Waals surface area contributed by atoms with E-state index >= 15 is 0 Å². The molecule has 2 N–H and O–H groups in total. The summed E-state index contributed by atoms with van der Waals surface area (Å²) in [6.07, 6.45) is 3.19. The van der Waals surface area contributed by atoms with Gasteiger partial charge in [-0.2, -0.15) is 0 Å². The molecule has 2 rings (SSSR count). The van der Waals surface area contributed by atoms with Crippen LogP contribution in [0.4, 0.5) is 0 Å². The first kappa shape index (κ1) is 12.7. The van der Waals surface area contributed by atoms with Gasteiger partial charge in [0.2, 0.25) is 0 Å². The lowest BCUT2D eigenvalue weighted by molar-refractivity contribution is 0.422. The van der Waals surface area contributed by atoms with Gasteiger partial charge in [-0.15, -0.1) is 4.41 Å². The molecule has 0 atom stereocenters. The van der Waals surface area contributed by atoms with E-state index in [4.69, 9.17) is 5.84 Å². The number of aromatic nitrogens is 1. The maximum absolute atomic E-state index is 12.1. The fraction of sp³-hybridized carbons (Fsp3) is 0.0833. The number of hydrazine groups is 1. The lowest BCUT2D eigenvalue weighted by Gasteiger charge is -2.16. The van der Waals surface area contributed by atoms with Gasteiger partial charge in [0.25, 0.3) is 10.0 Å². The number of nitrogens with two attached hydrogens (primary N) is 1. The van der Waals surface area contributed by atoms with E-state index in [2.05, 4.69) is 4.98 Å². The molecule has 0 aliphatic rings. The van der Waals surface area contributed by atoms with Crippen molar-refractivity contribution in [3.05, 3.63) is 60.4 Å². The summed E-state index contributed by atoms with van der Waals surface area (Å²) in [5.41, 5.74) is 0.784. The number of pyridine rings is 1. The summed E-state index contributed by atoms with van der Waals surface area (Å²) in [4.78, 5) is 4.05. The Morgan fingerprint density at radius 2 is 1.67 bits per heavy atom. The summed E-state index contributed by atoms with van der Waals surface area (Å²) in [5.74, 6) is 5.64. The molecule has 0 bridgehead atoms. The third-order valence-electron chi connectivity index (χ3n) is 2.44. The summed E-state index contributed by atoms with van der Waals surface area (Å²) < 4.78 is 25.1. The lowest BCUT2D eigenvalue weighted by atomic mass is 10.3. The van der Waals surface area contributed by atoms with Crippen molar-refractivity contribution in [3.8, 4) is 0 Å². The van der Waals surface area contributed by atoms with Gasteiger partial charge in [0, 0.05) is 12.4 Å². The normalized spacial score (nSPS) is 11.7. The van der Waals surface area contributed by atoms with Gasteiger partial charge in [-0.25, -0.2) is 8.42 Å². The van der Waals surface area contributed by atoms with Gasteiger partial charge in [-0.1, -0.05) is 18.2 Å². The monoisotopic (exact) mass is 263 g/mol. The van der Waals surface area contributed by atoms with Crippen LogP contribution in [0, 0.1) is 0 Å². The minimum atomic E-state index is -3.65. The largest absolute Gasteiger partial charge is 0.265 e. The van der Waals surface area contributed by atoms with E-state index in [1.54, 1.807) is 42.7 Å². The van der Waals surface area contributed by atoms with E-state index in [0.29, 0.717) is 0 Å². The average molecular weight is 263 g/mol. The molecular weight excluding hydrogens is 250 g/mol. The molecule has 0 spiro atoms.